The van der Waals surface area contributed by atoms with E-state index in [9.17, 15) is 5.11 Å². The number of rotatable bonds is 4. The molecular formula is C13H17NO. The van der Waals surface area contributed by atoms with Crippen LogP contribution in [0.3, 0.4) is 0 Å². The van der Waals surface area contributed by atoms with Crippen LogP contribution >= 0.6 is 0 Å². The molecule has 80 valence electrons. The van der Waals surface area contributed by atoms with Crippen molar-refractivity contribution in [3.05, 3.63) is 29.8 Å². The molecule has 0 saturated heterocycles. The minimum absolute atomic E-state index is 0.0740. The molecule has 0 unspecified atom stereocenters. The van der Waals surface area contributed by atoms with Crippen molar-refractivity contribution in [3.8, 4) is 11.8 Å². The molecule has 0 fully saturated rings. The number of phenolic OH excluding ortho intramolecular Hbond substituents is 1. The van der Waals surface area contributed by atoms with Crippen LogP contribution in [0, 0.1) is 11.3 Å². The lowest BCUT2D eigenvalue weighted by Crippen LogP contribution is -2.16. The smallest absolute Gasteiger partial charge is 0.115 e. The SMILES string of the molecule is CC(C)(CCCC#N)c1ccc(O)cc1. The molecule has 1 aromatic rings. The highest BCUT2D eigenvalue weighted by Gasteiger charge is 2.19. The molecule has 0 bridgehead atoms. The Balaban J connectivity index is 2.68. The summed E-state index contributed by atoms with van der Waals surface area (Å²) >= 11 is 0. The van der Waals surface area contributed by atoms with Gasteiger partial charge in [-0.1, -0.05) is 26.0 Å². The van der Waals surface area contributed by atoms with Gasteiger partial charge in [0.25, 0.3) is 0 Å². The van der Waals surface area contributed by atoms with Crippen LogP contribution in [0.2, 0.25) is 0 Å². The molecule has 0 aliphatic carbocycles. The number of nitrogens with zero attached hydrogens (tertiary/aromatic N) is 1. The molecule has 0 heterocycles. The number of nitriles is 1. The van der Waals surface area contributed by atoms with Gasteiger partial charge in [0, 0.05) is 6.42 Å². The summed E-state index contributed by atoms with van der Waals surface area (Å²) in [6.07, 6.45) is 2.53. The molecule has 1 N–H and O–H groups in total. The Labute approximate surface area is 91.2 Å². The Hall–Kier alpha value is -1.49. The minimum Gasteiger partial charge on any atom is -0.508 e. The van der Waals surface area contributed by atoms with Crippen LogP contribution in [-0.4, -0.2) is 5.11 Å². The first kappa shape index (κ1) is 11.6. The van der Waals surface area contributed by atoms with Crippen LogP contribution < -0.4 is 0 Å². The highest BCUT2D eigenvalue weighted by Crippen LogP contribution is 2.29. The third-order valence-electron chi connectivity index (χ3n) is 2.74. The Kier molecular flexibility index (Phi) is 3.74. The maximum Gasteiger partial charge on any atom is 0.115 e. The molecule has 0 aromatic heterocycles. The Bertz CT molecular complexity index is 346. The van der Waals surface area contributed by atoms with E-state index in [-0.39, 0.29) is 5.41 Å². The van der Waals surface area contributed by atoms with Gasteiger partial charge in [0.05, 0.1) is 6.07 Å². The normalized spacial score (nSPS) is 11.0. The van der Waals surface area contributed by atoms with E-state index in [1.165, 1.54) is 5.56 Å². The molecule has 0 spiro atoms. The van der Waals surface area contributed by atoms with E-state index in [4.69, 9.17) is 5.26 Å². The van der Waals surface area contributed by atoms with Crippen LogP contribution in [0.15, 0.2) is 24.3 Å². The minimum atomic E-state index is 0.0740. The second-order valence-corrected chi connectivity index (χ2v) is 4.44. The Morgan fingerprint density at radius 2 is 1.87 bits per heavy atom. The quantitative estimate of drug-likeness (QED) is 0.762. The van der Waals surface area contributed by atoms with Gasteiger partial charge in [-0.25, -0.2) is 0 Å². The summed E-state index contributed by atoms with van der Waals surface area (Å²) in [7, 11) is 0. The number of benzene rings is 1. The highest BCUT2D eigenvalue weighted by molar-refractivity contribution is 5.30. The number of hydrogen-bond acceptors (Lipinski definition) is 2. The van der Waals surface area contributed by atoms with Gasteiger partial charge in [0.15, 0.2) is 0 Å². The van der Waals surface area contributed by atoms with Gasteiger partial charge in [-0.3, -0.25) is 0 Å². The summed E-state index contributed by atoms with van der Waals surface area (Å²) in [5.41, 5.74) is 1.28. The first-order valence-corrected chi connectivity index (χ1v) is 5.23. The zero-order valence-electron chi connectivity index (χ0n) is 9.33. The van der Waals surface area contributed by atoms with Crippen LogP contribution in [0.25, 0.3) is 0 Å². The fourth-order valence-corrected chi connectivity index (χ4v) is 1.67. The fourth-order valence-electron chi connectivity index (χ4n) is 1.67. The van der Waals surface area contributed by atoms with Crippen molar-refractivity contribution in [3.63, 3.8) is 0 Å². The Morgan fingerprint density at radius 1 is 1.27 bits per heavy atom. The Morgan fingerprint density at radius 3 is 2.40 bits per heavy atom. The zero-order valence-corrected chi connectivity index (χ0v) is 9.33. The molecule has 15 heavy (non-hydrogen) atoms. The van der Waals surface area contributed by atoms with Crippen LogP contribution in [-0.2, 0) is 5.41 Å². The zero-order chi connectivity index (χ0) is 11.3. The molecule has 0 atom stereocenters. The molecular weight excluding hydrogens is 186 g/mol. The van der Waals surface area contributed by atoms with Gasteiger partial charge < -0.3 is 5.11 Å². The van der Waals surface area contributed by atoms with Crippen molar-refractivity contribution >= 4 is 0 Å². The predicted octanol–water partition coefficient (Wildman–Crippen LogP) is 3.36. The van der Waals surface area contributed by atoms with Crippen molar-refractivity contribution in [2.24, 2.45) is 0 Å². The van der Waals surface area contributed by atoms with E-state index in [2.05, 4.69) is 19.9 Å². The maximum atomic E-state index is 9.19. The molecule has 2 heteroatoms. The van der Waals surface area contributed by atoms with Crippen molar-refractivity contribution in [1.29, 1.82) is 5.26 Å². The second-order valence-electron chi connectivity index (χ2n) is 4.44. The predicted molar refractivity (Wildman–Crippen MR) is 60.6 cm³/mol. The number of aromatic hydroxyl groups is 1. The summed E-state index contributed by atoms with van der Waals surface area (Å²) in [6, 6.07) is 9.47. The average Bonchev–Trinajstić information content (AvgIpc) is 2.18. The van der Waals surface area contributed by atoms with Gasteiger partial charge in [-0.15, -0.1) is 0 Å². The molecule has 2 nitrogen and oxygen atoms in total. The fraction of sp³-hybridized carbons (Fsp3) is 0.462. The van der Waals surface area contributed by atoms with Crippen LogP contribution in [0.1, 0.15) is 38.7 Å². The first-order chi connectivity index (χ1) is 7.06. The maximum absolute atomic E-state index is 9.19. The van der Waals surface area contributed by atoms with Gasteiger partial charge in [0.2, 0.25) is 0 Å². The summed E-state index contributed by atoms with van der Waals surface area (Å²) in [4.78, 5) is 0. The van der Waals surface area contributed by atoms with Gasteiger partial charge >= 0.3 is 0 Å². The van der Waals surface area contributed by atoms with E-state index in [1.54, 1.807) is 12.1 Å². The highest BCUT2D eigenvalue weighted by atomic mass is 16.3. The molecule has 0 aliphatic rings. The summed E-state index contributed by atoms with van der Waals surface area (Å²) < 4.78 is 0. The molecule has 0 aliphatic heterocycles. The number of unbranched alkanes of at least 4 members (excludes halogenated alkanes) is 1. The summed E-state index contributed by atoms with van der Waals surface area (Å²) in [6.45, 7) is 4.33. The average molecular weight is 203 g/mol. The van der Waals surface area contributed by atoms with E-state index in [0.29, 0.717) is 12.2 Å². The molecule has 0 saturated carbocycles. The summed E-state index contributed by atoms with van der Waals surface area (Å²) in [5, 5.41) is 17.7. The van der Waals surface area contributed by atoms with E-state index in [1.807, 2.05) is 12.1 Å². The van der Waals surface area contributed by atoms with Crippen LogP contribution in [0.5, 0.6) is 5.75 Å². The largest absolute Gasteiger partial charge is 0.508 e. The lowest BCUT2D eigenvalue weighted by molar-refractivity contribution is 0.458. The molecule has 1 rings (SSSR count). The van der Waals surface area contributed by atoms with Crippen molar-refractivity contribution in [2.45, 2.75) is 38.5 Å². The topological polar surface area (TPSA) is 44.0 Å². The van der Waals surface area contributed by atoms with Crippen molar-refractivity contribution in [1.82, 2.24) is 0 Å². The van der Waals surface area contributed by atoms with Crippen molar-refractivity contribution in [2.75, 3.05) is 0 Å². The second kappa shape index (κ2) is 4.84. The number of hydrogen-bond donors (Lipinski definition) is 1. The molecule has 0 amide bonds. The lowest BCUT2D eigenvalue weighted by Gasteiger charge is -2.24. The summed E-state index contributed by atoms with van der Waals surface area (Å²) in [5.74, 6) is 0.298. The first-order valence-electron chi connectivity index (χ1n) is 5.23. The van der Waals surface area contributed by atoms with E-state index in [0.717, 1.165) is 12.8 Å². The molecule has 0 radical (unpaired) electrons. The molecule has 1 aromatic carbocycles. The third-order valence-corrected chi connectivity index (χ3v) is 2.74. The van der Waals surface area contributed by atoms with Crippen molar-refractivity contribution < 1.29 is 5.11 Å². The standard InChI is InChI=1S/C13H17NO/c1-13(2,9-3-4-10-14)11-5-7-12(15)8-6-11/h5-8,15H,3-4,9H2,1-2H3. The van der Waals surface area contributed by atoms with Gasteiger partial charge in [0.1, 0.15) is 5.75 Å². The third kappa shape index (κ3) is 3.28. The lowest BCUT2D eigenvalue weighted by atomic mass is 9.80. The van der Waals surface area contributed by atoms with Crippen LogP contribution in [0.4, 0.5) is 0 Å². The monoisotopic (exact) mass is 203 g/mol. The van der Waals surface area contributed by atoms with Gasteiger partial charge in [-0.05, 0) is 36.0 Å². The van der Waals surface area contributed by atoms with E-state index < -0.39 is 0 Å². The van der Waals surface area contributed by atoms with Gasteiger partial charge in [-0.2, -0.15) is 5.26 Å². The number of phenols is 1. The van der Waals surface area contributed by atoms with E-state index >= 15 is 0 Å².